The lowest BCUT2D eigenvalue weighted by Crippen LogP contribution is -2.54. The Morgan fingerprint density at radius 1 is 1.29 bits per heavy atom. The summed E-state index contributed by atoms with van der Waals surface area (Å²) in [4.78, 5) is 24.4. The molecule has 1 aliphatic heterocycles. The summed E-state index contributed by atoms with van der Waals surface area (Å²) in [5.41, 5.74) is 5.90. The van der Waals surface area contributed by atoms with Gasteiger partial charge in [-0.1, -0.05) is 65.1 Å². The Morgan fingerprint density at radius 2 is 1.93 bits per heavy atom. The molecule has 8 nitrogen and oxygen atoms in total. The summed E-state index contributed by atoms with van der Waals surface area (Å²) >= 11 is 6.42. The van der Waals surface area contributed by atoms with Gasteiger partial charge in [0.1, 0.15) is 10.7 Å². The Bertz CT molecular complexity index is 1090. The number of rotatable bonds is 11. The first-order chi connectivity index (χ1) is 19.8. The van der Waals surface area contributed by atoms with Gasteiger partial charge in [-0.15, -0.1) is 0 Å². The van der Waals surface area contributed by atoms with Crippen molar-refractivity contribution < 1.29 is 14.3 Å². The highest BCUT2D eigenvalue weighted by Gasteiger charge is 2.45. The zero-order valence-electron chi connectivity index (χ0n) is 27.2. The van der Waals surface area contributed by atoms with E-state index < -0.39 is 11.3 Å². The van der Waals surface area contributed by atoms with Gasteiger partial charge in [-0.25, -0.2) is 9.37 Å². The van der Waals surface area contributed by atoms with Gasteiger partial charge in [-0.3, -0.25) is 4.79 Å². The second kappa shape index (κ2) is 17.6. The van der Waals surface area contributed by atoms with E-state index in [-0.39, 0.29) is 11.8 Å². The maximum absolute atomic E-state index is 15.3. The van der Waals surface area contributed by atoms with Crippen molar-refractivity contribution in [2.24, 2.45) is 17.6 Å². The van der Waals surface area contributed by atoms with Gasteiger partial charge in [0.05, 0.1) is 11.8 Å². The average Bonchev–Trinajstić information content (AvgIpc) is 2.95. The van der Waals surface area contributed by atoms with Crippen LogP contribution < -0.4 is 20.9 Å². The van der Waals surface area contributed by atoms with Crippen LogP contribution in [0.25, 0.3) is 0 Å². The Hall–Kier alpha value is -2.49. The fourth-order valence-corrected chi connectivity index (χ4v) is 4.66. The van der Waals surface area contributed by atoms with Gasteiger partial charge in [0.25, 0.3) is 0 Å². The van der Waals surface area contributed by atoms with Crippen LogP contribution in [0.2, 0.25) is 5.02 Å². The van der Waals surface area contributed by atoms with Gasteiger partial charge < -0.3 is 26.0 Å². The molecular formula is C32H54ClFN6O2. The predicted octanol–water partition coefficient (Wildman–Crippen LogP) is 7.29. The molecule has 0 saturated carbocycles. The number of alkyl halides is 1. The summed E-state index contributed by atoms with van der Waals surface area (Å²) in [5, 5.41) is 13.6. The quantitative estimate of drug-likeness (QED) is 0.230. The van der Waals surface area contributed by atoms with Gasteiger partial charge in [0.15, 0.2) is 5.82 Å². The van der Waals surface area contributed by atoms with Crippen LogP contribution in [0, 0.1) is 18.8 Å². The van der Waals surface area contributed by atoms with Crippen molar-refractivity contribution in [3.63, 3.8) is 0 Å². The van der Waals surface area contributed by atoms with Crippen LogP contribution in [0.3, 0.4) is 0 Å². The third-order valence-electron chi connectivity index (χ3n) is 7.60. The number of nitrogens with two attached hydrogens (primary N) is 1. The lowest BCUT2D eigenvalue weighted by molar-refractivity contribution is -0.107. The van der Waals surface area contributed by atoms with Crippen molar-refractivity contribution in [2.45, 2.75) is 99.3 Å². The number of aromatic nitrogens is 2. The minimum atomic E-state index is -1.31. The number of aryl methyl sites for hydroxylation is 1. The van der Waals surface area contributed by atoms with Crippen LogP contribution in [-0.2, 0) is 4.79 Å². The molecule has 1 saturated heterocycles. The van der Waals surface area contributed by atoms with Crippen LogP contribution in [0.4, 0.5) is 27.5 Å². The van der Waals surface area contributed by atoms with Gasteiger partial charge in [-0.2, -0.15) is 4.98 Å². The molecule has 2 heterocycles. The molecule has 1 amide bonds. The number of benzene rings is 1. The Balaban J connectivity index is 0.00000135. The smallest absolute Gasteiger partial charge is 0.227 e. The van der Waals surface area contributed by atoms with Crippen molar-refractivity contribution in [3.8, 4) is 0 Å². The molecule has 0 aliphatic carbocycles. The first-order valence-electron chi connectivity index (χ1n) is 15.3. The largest absolute Gasteiger partial charge is 0.390 e. The zero-order valence-corrected chi connectivity index (χ0v) is 27.9. The number of nitrogens with zero attached hydrogens (tertiary/aromatic N) is 4. The number of aliphatic hydroxyl groups is 1. The maximum atomic E-state index is 15.3. The lowest BCUT2D eigenvalue weighted by atomic mass is 9.75. The monoisotopic (exact) mass is 608 g/mol. The second-order valence-corrected chi connectivity index (χ2v) is 12.0. The highest BCUT2D eigenvalue weighted by molar-refractivity contribution is 6.32. The number of carbonyl (C=O) groups excluding carboxylic acids is 1. The number of halogens is 2. The Kier molecular flexibility index (Phi) is 15.7. The minimum absolute atomic E-state index is 0.212. The number of anilines is 4. The first-order valence-corrected chi connectivity index (χ1v) is 15.6. The normalized spacial score (nSPS) is 20.1. The standard InChI is InChI=1S/C26H38ClFN6O2.C4H10.C2H6/c1-17-6-7-20(12-22(17)33(16-35)11-9-25(3,4)36)31-23-21(27)13-30-24(32-23)34-14-18(2)26(5,28)19(15-34)8-10-29;1-3-4-2;1-2/h6-7,12-13,16,18-19,36H,8-11,14-15,29H2,1-5H3,(H,30,31,32);3-4H2,1-2H3;1-2H3. The minimum Gasteiger partial charge on any atom is -0.390 e. The molecular weight excluding hydrogens is 555 g/mol. The number of hydrogen-bond acceptors (Lipinski definition) is 7. The molecule has 0 spiro atoms. The molecule has 1 aromatic carbocycles. The molecule has 1 aliphatic rings. The molecule has 4 N–H and O–H groups in total. The molecule has 10 heteroatoms. The molecule has 3 unspecified atom stereocenters. The third kappa shape index (κ3) is 11.0. The van der Waals surface area contributed by atoms with Crippen molar-refractivity contribution in [3.05, 3.63) is 35.0 Å². The molecule has 42 heavy (non-hydrogen) atoms. The van der Waals surface area contributed by atoms with Crippen LogP contribution in [0.15, 0.2) is 24.4 Å². The summed E-state index contributed by atoms with van der Waals surface area (Å²) in [6.07, 6.45) is 5.95. The molecule has 0 bridgehead atoms. The number of unbranched alkanes of at least 4 members (excludes halogenated alkanes) is 1. The predicted molar refractivity (Wildman–Crippen MR) is 176 cm³/mol. The summed E-state index contributed by atoms with van der Waals surface area (Å²) in [6, 6.07) is 5.63. The van der Waals surface area contributed by atoms with E-state index >= 15 is 4.39 Å². The highest BCUT2D eigenvalue weighted by Crippen LogP contribution is 2.39. The zero-order chi connectivity index (χ0) is 32.1. The molecule has 0 radical (unpaired) electrons. The van der Waals surface area contributed by atoms with Gasteiger partial charge in [0, 0.05) is 42.8 Å². The highest BCUT2D eigenvalue weighted by atomic mass is 35.5. The van der Waals surface area contributed by atoms with Crippen LogP contribution >= 0.6 is 11.6 Å². The van der Waals surface area contributed by atoms with Crippen molar-refractivity contribution in [1.82, 2.24) is 9.97 Å². The summed E-state index contributed by atoms with van der Waals surface area (Å²) in [6.45, 7) is 19.0. The van der Waals surface area contributed by atoms with E-state index in [2.05, 4.69) is 29.1 Å². The number of nitrogens with one attached hydrogen (secondary N) is 1. The van der Waals surface area contributed by atoms with E-state index in [1.807, 2.05) is 50.8 Å². The molecule has 2 aromatic rings. The summed E-state index contributed by atoms with van der Waals surface area (Å²) in [7, 11) is 0. The molecule has 1 aromatic heterocycles. The van der Waals surface area contributed by atoms with Crippen LogP contribution in [0.5, 0.6) is 0 Å². The summed E-state index contributed by atoms with van der Waals surface area (Å²) < 4.78 is 15.3. The van der Waals surface area contributed by atoms with E-state index in [1.54, 1.807) is 25.7 Å². The topological polar surface area (TPSA) is 108 Å². The number of hydrogen-bond donors (Lipinski definition) is 3. The van der Waals surface area contributed by atoms with E-state index in [4.69, 9.17) is 17.3 Å². The Morgan fingerprint density at radius 3 is 2.48 bits per heavy atom. The molecule has 1 fully saturated rings. The fourth-order valence-electron chi connectivity index (χ4n) is 4.52. The molecule has 3 rings (SSSR count). The Labute approximate surface area is 258 Å². The maximum Gasteiger partial charge on any atom is 0.227 e. The molecule has 238 valence electrons. The fraction of sp³-hybridized carbons (Fsp3) is 0.656. The van der Waals surface area contributed by atoms with Crippen molar-refractivity contribution in [1.29, 1.82) is 0 Å². The van der Waals surface area contributed by atoms with E-state index in [1.165, 1.54) is 19.0 Å². The average molecular weight is 609 g/mol. The van der Waals surface area contributed by atoms with Crippen LogP contribution in [-0.4, -0.2) is 58.9 Å². The van der Waals surface area contributed by atoms with Crippen molar-refractivity contribution in [2.75, 3.05) is 41.3 Å². The first kappa shape index (κ1) is 37.5. The third-order valence-corrected chi connectivity index (χ3v) is 7.88. The van der Waals surface area contributed by atoms with Crippen LogP contribution in [0.1, 0.15) is 86.6 Å². The van der Waals surface area contributed by atoms with E-state index in [9.17, 15) is 9.90 Å². The number of carbonyl (C=O) groups is 1. The van der Waals surface area contributed by atoms with E-state index in [0.29, 0.717) is 61.5 Å². The second-order valence-electron chi connectivity index (χ2n) is 11.6. The summed E-state index contributed by atoms with van der Waals surface area (Å²) in [5.74, 6) is 0.455. The molecule has 3 atom stereocenters. The SMILES string of the molecule is CC.CCCC.Cc1ccc(Nc2nc(N3CC(C)C(C)(F)C(CCN)C3)ncc2Cl)cc1N(C=O)CCC(C)(C)O. The lowest BCUT2D eigenvalue weighted by Gasteiger charge is -2.45. The number of amides is 1. The van der Waals surface area contributed by atoms with Crippen molar-refractivity contribution >= 4 is 41.2 Å². The number of piperidine rings is 1. The van der Waals surface area contributed by atoms with Gasteiger partial charge in [-0.05, 0) is 64.8 Å². The van der Waals surface area contributed by atoms with Gasteiger partial charge in [0.2, 0.25) is 12.4 Å². The van der Waals surface area contributed by atoms with E-state index in [0.717, 1.165) is 17.7 Å². The van der Waals surface area contributed by atoms with Gasteiger partial charge >= 0.3 is 0 Å².